The van der Waals surface area contributed by atoms with E-state index in [1.165, 1.54) is 19.2 Å². The molecule has 0 heterocycles. The summed E-state index contributed by atoms with van der Waals surface area (Å²) in [7, 11) is 1.38. The topological polar surface area (TPSA) is 9.23 Å². The molecule has 0 fully saturated rings. The van der Waals surface area contributed by atoms with Crippen LogP contribution in [0.25, 0.3) is 0 Å². The minimum Gasteiger partial charge on any atom is -0.497 e. The van der Waals surface area contributed by atoms with E-state index in [4.69, 9.17) is 4.74 Å². The number of hydrogen-bond donors (Lipinski definition) is 0. The van der Waals surface area contributed by atoms with Crippen LogP contribution in [0.4, 0.5) is 13.2 Å². The Morgan fingerprint density at radius 3 is 2.43 bits per heavy atom. The maximum atomic E-state index is 13.2. The largest absolute Gasteiger partial charge is 0.497 e. The van der Waals surface area contributed by atoms with Gasteiger partial charge in [-0.2, -0.15) is 0 Å². The first-order chi connectivity index (χ1) is 6.56. The van der Waals surface area contributed by atoms with Gasteiger partial charge in [-0.1, -0.05) is 22.0 Å². The molecule has 0 radical (unpaired) electrons. The standard InChI is InChI=1S/C9H8BrF3O/c1-14-5-2-3-6(7(11)4-5)8(10)9(12)13/h2-4,8-9H,1H3. The molecule has 0 saturated carbocycles. The molecule has 1 aromatic carbocycles. The van der Waals surface area contributed by atoms with Gasteiger partial charge in [-0.05, 0) is 6.07 Å². The third kappa shape index (κ3) is 2.41. The van der Waals surface area contributed by atoms with E-state index >= 15 is 0 Å². The first kappa shape index (κ1) is 11.4. The summed E-state index contributed by atoms with van der Waals surface area (Å²) in [5.74, 6) is -0.397. The van der Waals surface area contributed by atoms with Crippen LogP contribution in [-0.2, 0) is 0 Å². The van der Waals surface area contributed by atoms with Gasteiger partial charge in [-0.15, -0.1) is 0 Å². The summed E-state index contributed by atoms with van der Waals surface area (Å²) < 4.78 is 42.4. The Morgan fingerprint density at radius 1 is 1.36 bits per heavy atom. The number of halogens is 4. The SMILES string of the molecule is COc1ccc(C(Br)C(F)F)c(F)c1. The van der Waals surface area contributed by atoms with Crippen molar-refractivity contribution in [2.75, 3.05) is 7.11 Å². The molecular formula is C9H8BrF3O. The molecule has 1 unspecified atom stereocenters. The quantitative estimate of drug-likeness (QED) is 0.762. The molecular weight excluding hydrogens is 261 g/mol. The van der Waals surface area contributed by atoms with Crippen LogP contribution in [0.2, 0.25) is 0 Å². The summed E-state index contributed by atoms with van der Waals surface area (Å²) in [4.78, 5) is -1.28. The highest BCUT2D eigenvalue weighted by Gasteiger charge is 2.22. The number of alkyl halides is 3. The van der Waals surface area contributed by atoms with Gasteiger partial charge in [0.25, 0.3) is 6.43 Å². The van der Waals surface area contributed by atoms with E-state index in [9.17, 15) is 13.2 Å². The van der Waals surface area contributed by atoms with Crippen LogP contribution in [0, 0.1) is 5.82 Å². The van der Waals surface area contributed by atoms with Crippen molar-refractivity contribution >= 4 is 15.9 Å². The van der Waals surface area contributed by atoms with E-state index in [1.807, 2.05) is 0 Å². The van der Waals surface area contributed by atoms with Gasteiger partial charge < -0.3 is 4.74 Å². The molecule has 0 aromatic heterocycles. The number of hydrogen-bond acceptors (Lipinski definition) is 1. The summed E-state index contributed by atoms with van der Waals surface area (Å²) in [5, 5.41) is 0. The van der Waals surface area contributed by atoms with Crippen LogP contribution in [0.5, 0.6) is 5.75 Å². The maximum Gasteiger partial charge on any atom is 0.255 e. The zero-order chi connectivity index (χ0) is 10.7. The van der Waals surface area contributed by atoms with E-state index in [0.29, 0.717) is 5.75 Å². The molecule has 0 amide bonds. The Labute approximate surface area is 88.0 Å². The lowest BCUT2D eigenvalue weighted by Gasteiger charge is -2.10. The fraction of sp³-hybridized carbons (Fsp3) is 0.333. The average Bonchev–Trinajstić information content (AvgIpc) is 2.16. The maximum absolute atomic E-state index is 13.2. The highest BCUT2D eigenvalue weighted by Crippen LogP contribution is 2.32. The minimum atomic E-state index is -2.64. The molecule has 1 aromatic rings. The van der Waals surface area contributed by atoms with Gasteiger partial charge in [-0.25, -0.2) is 13.2 Å². The zero-order valence-corrected chi connectivity index (χ0v) is 8.89. The second-order valence-corrected chi connectivity index (χ2v) is 3.61. The van der Waals surface area contributed by atoms with Gasteiger partial charge in [0.05, 0.1) is 7.11 Å². The van der Waals surface area contributed by atoms with Crippen LogP contribution in [0.1, 0.15) is 10.4 Å². The second-order valence-electron chi connectivity index (χ2n) is 2.62. The van der Waals surface area contributed by atoms with Crippen molar-refractivity contribution in [2.24, 2.45) is 0 Å². The lowest BCUT2D eigenvalue weighted by molar-refractivity contribution is 0.146. The minimum absolute atomic E-state index is 0.0687. The monoisotopic (exact) mass is 268 g/mol. The predicted octanol–water partition coefficient (Wildman–Crippen LogP) is 3.54. The van der Waals surface area contributed by atoms with E-state index in [0.717, 1.165) is 6.07 Å². The molecule has 5 heteroatoms. The molecule has 0 aliphatic rings. The Morgan fingerprint density at radius 2 is 2.00 bits per heavy atom. The van der Waals surface area contributed by atoms with Crippen molar-refractivity contribution < 1.29 is 17.9 Å². The second kappa shape index (κ2) is 4.68. The number of ether oxygens (including phenoxy) is 1. The van der Waals surface area contributed by atoms with Crippen molar-refractivity contribution in [1.29, 1.82) is 0 Å². The van der Waals surface area contributed by atoms with Gasteiger partial charge in [0.15, 0.2) is 0 Å². The number of methoxy groups -OCH3 is 1. The van der Waals surface area contributed by atoms with Crippen LogP contribution >= 0.6 is 15.9 Å². The third-order valence-corrected chi connectivity index (χ3v) is 2.62. The van der Waals surface area contributed by atoms with E-state index < -0.39 is 17.1 Å². The van der Waals surface area contributed by atoms with Crippen LogP contribution in [-0.4, -0.2) is 13.5 Å². The van der Waals surface area contributed by atoms with Crippen LogP contribution in [0.15, 0.2) is 18.2 Å². The molecule has 0 N–H and O–H groups in total. The summed E-state index contributed by atoms with van der Waals surface area (Å²) in [5.41, 5.74) is -0.0687. The number of rotatable bonds is 3. The first-order valence-corrected chi connectivity index (χ1v) is 4.73. The Kier molecular flexibility index (Phi) is 3.80. The summed E-state index contributed by atoms with van der Waals surface area (Å²) in [6.45, 7) is 0. The Balaban J connectivity index is 2.99. The normalized spacial score (nSPS) is 13.0. The van der Waals surface area contributed by atoms with Crippen molar-refractivity contribution in [3.05, 3.63) is 29.6 Å². The molecule has 78 valence electrons. The summed E-state index contributed by atoms with van der Waals surface area (Å²) in [6.07, 6.45) is -2.64. The predicted molar refractivity (Wildman–Crippen MR) is 50.6 cm³/mol. The van der Waals surface area contributed by atoms with Crippen molar-refractivity contribution in [1.82, 2.24) is 0 Å². The molecule has 0 aliphatic heterocycles. The molecule has 1 nitrogen and oxygen atoms in total. The van der Waals surface area contributed by atoms with Gasteiger partial charge >= 0.3 is 0 Å². The van der Waals surface area contributed by atoms with E-state index in [-0.39, 0.29) is 5.56 Å². The summed E-state index contributed by atoms with van der Waals surface area (Å²) in [6, 6.07) is 3.79. The molecule has 0 aliphatic carbocycles. The third-order valence-electron chi connectivity index (χ3n) is 1.73. The molecule has 1 rings (SSSR count). The number of benzene rings is 1. The van der Waals surface area contributed by atoms with Gasteiger partial charge in [0.1, 0.15) is 16.4 Å². The zero-order valence-electron chi connectivity index (χ0n) is 7.31. The first-order valence-electron chi connectivity index (χ1n) is 3.82. The Hall–Kier alpha value is -0.710. The Bertz CT molecular complexity index is 317. The van der Waals surface area contributed by atoms with Gasteiger partial charge in [-0.3, -0.25) is 0 Å². The lowest BCUT2D eigenvalue weighted by Crippen LogP contribution is -2.04. The highest BCUT2D eigenvalue weighted by molar-refractivity contribution is 9.09. The van der Waals surface area contributed by atoms with Gasteiger partial charge in [0.2, 0.25) is 0 Å². The molecule has 0 bridgehead atoms. The molecule has 0 saturated heterocycles. The van der Waals surface area contributed by atoms with Gasteiger partial charge in [0, 0.05) is 11.6 Å². The van der Waals surface area contributed by atoms with E-state index in [2.05, 4.69) is 15.9 Å². The van der Waals surface area contributed by atoms with Crippen molar-refractivity contribution in [3.8, 4) is 5.75 Å². The smallest absolute Gasteiger partial charge is 0.255 e. The lowest BCUT2D eigenvalue weighted by atomic mass is 10.1. The van der Waals surface area contributed by atoms with Crippen molar-refractivity contribution in [2.45, 2.75) is 11.3 Å². The summed E-state index contributed by atoms with van der Waals surface area (Å²) >= 11 is 2.72. The molecule has 1 atom stereocenters. The average molecular weight is 269 g/mol. The highest BCUT2D eigenvalue weighted by atomic mass is 79.9. The fourth-order valence-corrected chi connectivity index (χ4v) is 1.37. The van der Waals surface area contributed by atoms with E-state index in [1.54, 1.807) is 0 Å². The fourth-order valence-electron chi connectivity index (χ4n) is 0.994. The van der Waals surface area contributed by atoms with Crippen molar-refractivity contribution in [3.63, 3.8) is 0 Å². The van der Waals surface area contributed by atoms with Crippen LogP contribution in [0.3, 0.4) is 0 Å². The molecule has 0 spiro atoms. The molecule has 14 heavy (non-hydrogen) atoms. The van der Waals surface area contributed by atoms with Crippen LogP contribution < -0.4 is 4.74 Å².